The highest BCUT2D eigenvalue weighted by Gasteiger charge is 2.30. The highest BCUT2D eigenvalue weighted by atomic mass is 35.5. The molecule has 0 aliphatic rings. The van der Waals surface area contributed by atoms with Gasteiger partial charge in [0.15, 0.2) is 5.82 Å². The molecule has 0 unspecified atom stereocenters. The number of carbonyl (C=O) groups is 1. The van der Waals surface area contributed by atoms with Crippen LogP contribution in [-0.4, -0.2) is 27.0 Å². The van der Waals surface area contributed by atoms with Gasteiger partial charge in [-0.3, -0.25) is 4.79 Å². The van der Waals surface area contributed by atoms with Crippen LogP contribution in [0.2, 0.25) is 5.02 Å². The molecule has 1 N–H and O–H groups in total. The molecule has 1 amide bonds. The first-order valence-corrected chi connectivity index (χ1v) is 10.5. The van der Waals surface area contributed by atoms with E-state index < -0.39 is 17.6 Å². The van der Waals surface area contributed by atoms with E-state index in [0.717, 1.165) is 33.2 Å². The summed E-state index contributed by atoms with van der Waals surface area (Å²) in [6.07, 6.45) is -3.87. The number of carbonyl (C=O) groups excluding carboxylic acids is 1. The lowest BCUT2D eigenvalue weighted by Crippen LogP contribution is -2.25. The number of alkyl halides is 3. The molecule has 0 atom stereocenters. The molecule has 0 aliphatic carbocycles. The van der Waals surface area contributed by atoms with Gasteiger partial charge in [-0.25, -0.2) is 4.52 Å². The molecule has 0 spiro atoms. The van der Waals surface area contributed by atoms with Gasteiger partial charge in [-0.2, -0.15) is 18.2 Å². The van der Waals surface area contributed by atoms with Gasteiger partial charge in [0, 0.05) is 34.0 Å². The van der Waals surface area contributed by atoms with E-state index in [0.29, 0.717) is 23.8 Å². The van der Waals surface area contributed by atoms with E-state index in [1.54, 1.807) is 16.6 Å². The molecular formula is C21H16ClF3N4OS. The van der Waals surface area contributed by atoms with Crippen LogP contribution in [0.1, 0.15) is 26.5 Å². The molecule has 160 valence electrons. The second-order valence-electron chi connectivity index (χ2n) is 6.83. The van der Waals surface area contributed by atoms with Crippen LogP contribution in [0, 0.1) is 6.92 Å². The maximum Gasteiger partial charge on any atom is 0.416 e. The summed E-state index contributed by atoms with van der Waals surface area (Å²) in [6.45, 7) is 2.27. The summed E-state index contributed by atoms with van der Waals surface area (Å²) in [7, 11) is 0. The van der Waals surface area contributed by atoms with Crippen molar-refractivity contribution in [3.63, 3.8) is 0 Å². The van der Waals surface area contributed by atoms with Gasteiger partial charge in [-0.15, -0.1) is 5.10 Å². The van der Waals surface area contributed by atoms with Crippen LogP contribution in [0.4, 0.5) is 13.2 Å². The smallest absolute Gasteiger partial charge is 0.352 e. The number of hydrogen-bond donors (Lipinski definition) is 1. The molecule has 31 heavy (non-hydrogen) atoms. The zero-order valence-corrected chi connectivity index (χ0v) is 17.8. The fourth-order valence-corrected chi connectivity index (χ4v) is 4.22. The summed E-state index contributed by atoms with van der Waals surface area (Å²) < 4.78 is 39.7. The number of benzene rings is 2. The van der Waals surface area contributed by atoms with E-state index in [9.17, 15) is 18.0 Å². The van der Waals surface area contributed by atoms with Crippen molar-refractivity contribution in [1.82, 2.24) is 19.9 Å². The predicted octanol–water partition coefficient (Wildman–Crippen LogP) is 5.41. The summed E-state index contributed by atoms with van der Waals surface area (Å²) >= 11 is 7.40. The van der Waals surface area contributed by atoms with E-state index in [4.69, 9.17) is 11.6 Å². The minimum atomic E-state index is -4.43. The van der Waals surface area contributed by atoms with Crippen molar-refractivity contribution in [3.05, 3.63) is 75.3 Å². The van der Waals surface area contributed by atoms with Crippen molar-refractivity contribution in [2.45, 2.75) is 19.5 Å². The molecule has 10 heteroatoms. The average Bonchev–Trinajstić information content (AvgIpc) is 3.27. The van der Waals surface area contributed by atoms with Gasteiger partial charge in [0.2, 0.25) is 4.96 Å². The predicted molar refractivity (Wildman–Crippen MR) is 114 cm³/mol. The van der Waals surface area contributed by atoms with E-state index in [-0.39, 0.29) is 5.56 Å². The Labute approximate surface area is 184 Å². The summed E-state index contributed by atoms with van der Waals surface area (Å²) in [5.41, 5.74) is 1.19. The molecular weight excluding hydrogens is 449 g/mol. The van der Waals surface area contributed by atoms with Gasteiger partial charge in [-0.1, -0.05) is 22.9 Å². The molecule has 5 nitrogen and oxygen atoms in total. The molecule has 2 heterocycles. The van der Waals surface area contributed by atoms with E-state index in [2.05, 4.69) is 15.4 Å². The zero-order chi connectivity index (χ0) is 22.2. The molecule has 0 saturated carbocycles. The Hall–Kier alpha value is -2.91. The summed E-state index contributed by atoms with van der Waals surface area (Å²) in [5.74, 6) is 0.184. The van der Waals surface area contributed by atoms with Crippen LogP contribution in [0.25, 0.3) is 16.3 Å². The Bertz CT molecular complexity index is 1230. The second kappa shape index (κ2) is 8.32. The number of aromatic nitrogens is 3. The number of halogens is 4. The molecule has 4 aromatic rings. The number of hydrogen-bond acceptors (Lipinski definition) is 4. The quantitative estimate of drug-likeness (QED) is 0.429. The maximum absolute atomic E-state index is 12.6. The van der Waals surface area contributed by atoms with Crippen LogP contribution >= 0.6 is 22.9 Å². The van der Waals surface area contributed by atoms with E-state index in [1.165, 1.54) is 23.5 Å². The highest BCUT2D eigenvalue weighted by molar-refractivity contribution is 7.17. The van der Waals surface area contributed by atoms with Crippen LogP contribution in [0.5, 0.6) is 0 Å². The fourth-order valence-electron chi connectivity index (χ4n) is 3.04. The number of nitrogens with zero attached hydrogens (tertiary/aromatic N) is 3. The minimum Gasteiger partial charge on any atom is -0.352 e. The Morgan fingerprint density at radius 2 is 1.81 bits per heavy atom. The Morgan fingerprint density at radius 1 is 1.13 bits per heavy atom. The van der Waals surface area contributed by atoms with Crippen molar-refractivity contribution in [3.8, 4) is 11.4 Å². The Kier molecular flexibility index (Phi) is 5.72. The van der Waals surface area contributed by atoms with Crippen LogP contribution in [0.15, 0.2) is 48.5 Å². The number of fused-ring (bicyclic) bond motifs is 1. The summed E-state index contributed by atoms with van der Waals surface area (Å²) in [6, 6.07) is 11.4. The third-order valence-electron chi connectivity index (χ3n) is 4.73. The highest BCUT2D eigenvalue weighted by Crippen LogP contribution is 2.29. The van der Waals surface area contributed by atoms with Gasteiger partial charge in [-0.05, 0) is 55.5 Å². The SMILES string of the molecule is Cc1c(CCNC(=O)c2ccc(C(F)(F)F)cc2)sc2nc(-c3ccc(Cl)cc3)nn12. The lowest BCUT2D eigenvalue weighted by molar-refractivity contribution is -0.137. The van der Waals surface area contributed by atoms with Crippen LogP contribution in [-0.2, 0) is 12.6 Å². The largest absolute Gasteiger partial charge is 0.416 e. The Balaban J connectivity index is 1.40. The van der Waals surface area contributed by atoms with Gasteiger partial charge >= 0.3 is 6.18 Å². The standard InChI is InChI=1S/C21H16ClF3N4OS/c1-12-17(10-11-26-19(30)14-2-6-15(7-3-14)21(23,24)25)31-20-27-18(28-29(12)20)13-4-8-16(22)9-5-13/h2-9H,10-11H2,1H3,(H,26,30). The first kappa shape index (κ1) is 21.3. The summed E-state index contributed by atoms with van der Waals surface area (Å²) in [4.78, 5) is 18.5. The lowest BCUT2D eigenvalue weighted by atomic mass is 10.1. The van der Waals surface area contributed by atoms with Gasteiger partial charge in [0.25, 0.3) is 5.91 Å². The van der Waals surface area contributed by atoms with Crippen LogP contribution in [0.3, 0.4) is 0 Å². The summed E-state index contributed by atoms with van der Waals surface area (Å²) in [5, 5.41) is 7.92. The number of nitrogens with one attached hydrogen (secondary N) is 1. The van der Waals surface area contributed by atoms with Crippen molar-refractivity contribution >= 4 is 33.8 Å². The van der Waals surface area contributed by atoms with Crippen molar-refractivity contribution in [2.75, 3.05) is 6.54 Å². The topological polar surface area (TPSA) is 59.3 Å². The molecule has 0 saturated heterocycles. The van der Waals surface area contributed by atoms with E-state index >= 15 is 0 Å². The number of thiazole rings is 1. The molecule has 2 aromatic carbocycles. The molecule has 2 aromatic heterocycles. The van der Waals surface area contributed by atoms with E-state index in [1.807, 2.05) is 19.1 Å². The molecule has 0 radical (unpaired) electrons. The first-order valence-electron chi connectivity index (χ1n) is 9.29. The maximum atomic E-state index is 12.6. The molecule has 0 bridgehead atoms. The molecule has 0 fully saturated rings. The molecule has 0 aliphatic heterocycles. The fraction of sp³-hybridized carbons (Fsp3) is 0.190. The average molecular weight is 465 g/mol. The number of aryl methyl sites for hydroxylation is 1. The monoisotopic (exact) mass is 464 g/mol. The lowest BCUT2D eigenvalue weighted by Gasteiger charge is -2.08. The third kappa shape index (κ3) is 4.57. The minimum absolute atomic E-state index is 0.181. The Morgan fingerprint density at radius 3 is 2.42 bits per heavy atom. The van der Waals surface area contributed by atoms with Crippen molar-refractivity contribution in [2.24, 2.45) is 0 Å². The normalized spacial score (nSPS) is 11.8. The van der Waals surface area contributed by atoms with Gasteiger partial charge in [0.1, 0.15) is 0 Å². The molecule has 4 rings (SSSR count). The number of rotatable bonds is 5. The first-order chi connectivity index (χ1) is 14.7. The third-order valence-corrected chi connectivity index (χ3v) is 6.17. The van der Waals surface area contributed by atoms with Crippen LogP contribution < -0.4 is 5.32 Å². The second-order valence-corrected chi connectivity index (χ2v) is 8.33. The van der Waals surface area contributed by atoms with Crippen molar-refractivity contribution < 1.29 is 18.0 Å². The van der Waals surface area contributed by atoms with Gasteiger partial charge < -0.3 is 5.32 Å². The van der Waals surface area contributed by atoms with Gasteiger partial charge in [0.05, 0.1) is 11.3 Å². The van der Waals surface area contributed by atoms with Crippen molar-refractivity contribution in [1.29, 1.82) is 0 Å². The zero-order valence-electron chi connectivity index (χ0n) is 16.2. The number of amides is 1.